The van der Waals surface area contributed by atoms with E-state index in [1.165, 1.54) is 12.8 Å². The number of rotatable bonds is 4. The van der Waals surface area contributed by atoms with Crippen LogP contribution in [0.4, 0.5) is 4.79 Å². The Morgan fingerprint density at radius 1 is 1.50 bits per heavy atom. The molecule has 1 rings (SSSR count). The monoisotopic (exact) mass is 200 g/mol. The summed E-state index contributed by atoms with van der Waals surface area (Å²) in [5.41, 5.74) is 0. The van der Waals surface area contributed by atoms with Crippen LogP contribution in [-0.4, -0.2) is 31.8 Å². The minimum Gasteiger partial charge on any atom is -0.380 e. The molecule has 0 aliphatic heterocycles. The second-order valence-corrected chi connectivity index (χ2v) is 3.88. The van der Waals surface area contributed by atoms with Gasteiger partial charge in [-0.2, -0.15) is 0 Å². The molecule has 4 nitrogen and oxygen atoms in total. The van der Waals surface area contributed by atoms with Crippen molar-refractivity contribution in [2.24, 2.45) is 0 Å². The van der Waals surface area contributed by atoms with Crippen LogP contribution < -0.4 is 10.6 Å². The number of hydrogen-bond donors (Lipinski definition) is 2. The number of amides is 2. The van der Waals surface area contributed by atoms with Crippen LogP contribution in [0.5, 0.6) is 0 Å². The van der Waals surface area contributed by atoms with E-state index in [-0.39, 0.29) is 12.1 Å². The Hall–Kier alpha value is -0.770. The maximum atomic E-state index is 11.3. The molecule has 0 aromatic rings. The predicted octanol–water partition coefficient (Wildman–Crippen LogP) is 1.26. The van der Waals surface area contributed by atoms with Crippen molar-refractivity contribution in [2.45, 2.75) is 44.8 Å². The molecule has 1 fully saturated rings. The molecule has 0 radical (unpaired) electrons. The number of hydrogen-bond acceptors (Lipinski definition) is 2. The number of nitrogens with one attached hydrogen (secondary N) is 2. The van der Waals surface area contributed by atoms with Gasteiger partial charge in [0.05, 0.1) is 6.10 Å². The minimum atomic E-state index is -0.0687. The molecular formula is C10H20N2O2. The highest BCUT2D eigenvalue weighted by molar-refractivity contribution is 5.74. The molecule has 0 bridgehead atoms. The summed E-state index contributed by atoms with van der Waals surface area (Å²) >= 11 is 0. The van der Waals surface area contributed by atoms with Crippen molar-refractivity contribution in [3.05, 3.63) is 0 Å². The first-order chi connectivity index (χ1) is 6.72. The van der Waals surface area contributed by atoms with Crippen molar-refractivity contribution < 1.29 is 9.53 Å². The highest BCUT2D eigenvalue weighted by atomic mass is 16.5. The average molecular weight is 200 g/mol. The Morgan fingerprint density at radius 2 is 2.14 bits per heavy atom. The number of urea groups is 1. The van der Waals surface area contributed by atoms with E-state index in [1.807, 2.05) is 6.92 Å². The summed E-state index contributed by atoms with van der Waals surface area (Å²) in [6.45, 7) is 2.49. The fourth-order valence-electron chi connectivity index (χ4n) is 1.63. The van der Waals surface area contributed by atoms with E-state index in [0.29, 0.717) is 12.6 Å². The molecule has 2 N–H and O–H groups in total. The fourth-order valence-corrected chi connectivity index (χ4v) is 1.63. The molecule has 1 unspecified atom stereocenters. The topological polar surface area (TPSA) is 50.4 Å². The van der Waals surface area contributed by atoms with Crippen LogP contribution in [-0.2, 0) is 4.74 Å². The maximum absolute atomic E-state index is 11.3. The molecule has 0 heterocycles. The quantitative estimate of drug-likeness (QED) is 0.718. The van der Waals surface area contributed by atoms with E-state index < -0.39 is 0 Å². The van der Waals surface area contributed by atoms with Gasteiger partial charge in [-0.1, -0.05) is 12.8 Å². The zero-order chi connectivity index (χ0) is 10.4. The van der Waals surface area contributed by atoms with Gasteiger partial charge >= 0.3 is 6.03 Å². The van der Waals surface area contributed by atoms with E-state index in [9.17, 15) is 4.79 Å². The van der Waals surface area contributed by atoms with Gasteiger partial charge < -0.3 is 15.4 Å². The second kappa shape index (κ2) is 5.86. The van der Waals surface area contributed by atoms with Crippen LogP contribution >= 0.6 is 0 Å². The van der Waals surface area contributed by atoms with Gasteiger partial charge in [-0.05, 0) is 19.8 Å². The van der Waals surface area contributed by atoms with E-state index in [1.54, 1.807) is 7.11 Å². The van der Waals surface area contributed by atoms with Gasteiger partial charge in [0.1, 0.15) is 0 Å². The molecule has 0 aromatic heterocycles. The lowest BCUT2D eigenvalue weighted by atomic mass is 10.2. The first-order valence-electron chi connectivity index (χ1n) is 5.29. The van der Waals surface area contributed by atoms with Crippen LogP contribution in [0.15, 0.2) is 0 Å². The summed E-state index contributed by atoms with van der Waals surface area (Å²) in [5.74, 6) is 0. The Morgan fingerprint density at radius 3 is 2.71 bits per heavy atom. The summed E-state index contributed by atoms with van der Waals surface area (Å²) in [6.07, 6.45) is 4.78. The second-order valence-electron chi connectivity index (χ2n) is 3.88. The molecule has 1 atom stereocenters. The van der Waals surface area contributed by atoms with Crippen molar-refractivity contribution in [1.29, 1.82) is 0 Å². The first-order valence-corrected chi connectivity index (χ1v) is 5.29. The molecule has 4 heteroatoms. The standard InChI is InChI=1S/C10H20N2O2/c1-8(14-2)7-11-10(13)12-9-5-3-4-6-9/h8-9H,3-7H2,1-2H3,(H2,11,12,13). The highest BCUT2D eigenvalue weighted by Crippen LogP contribution is 2.17. The normalized spacial score (nSPS) is 19.3. The third-order valence-electron chi connectivity index (χ3n) is 2.64. The van der Waals surface area contributed by atoms with Gasteiger partial charge in [0.25, 0.3) is 0 Å². The molecule has 2 amide bonds. The van der Waals surface area contributed by atoms with Crippen molar-refractivity contribution >= 4 is 6.03 Å². The molecule has 1 aliphatic rings. The fraction of sp³-hybridized carbons (Fsp3) is 0.900. The highest BCUT2D eigenvalue weighted by Gasteiger charge is 2.16. The molecule has 14 heavy (non-hydrogen) atoms. The number of carbonyl (C=O) groups is 1. The Labute approximate surface area is 85.4 Å². The van der Waals surface area contributed by atoms with Crippen LogP contribution in [0.1, 0.15) is 32.6 Å². The number of ether oxygens (including phenoxy) is 1. The van der Waals surface area contributed by atoms with Gasteiger partial charge in [0, 0.05) is 19.7 Å². The van der Waals surface area contributed by atoms with E-state index in [2.05, 4.69) is 10.6 Å². The van der Waals surface area contributed by atoms with Crippen molar-refractivity contribution in [1.82, 2.24) is 10.6 Å². The van der Waals surface area contributed by atoms with Crippen molar-refractivity contribution in [3.63, 3.8) is 0 Å². The maximum Gasteiger partial charge on any atom is 0.315 e. The van der Waals surface area contributed by atoms with Gasteiger partial charge in [0.15, 0.2) is 0 Å². The summed E-state index contributed by atoms with van der Waals surface area (Å²) in [6, 6.07) is 0.314. The van der Waals surface area contributed by atoms with Crippen LogP contribution in [0.3, 0.4) is 0 Å². The van der Waals surface area contributed by atoms with Crippen molar-refractivity contribution in [3.8, 4) is 0 Å². The summed E-state index contributed by atoms with van der Waals surface area (Å²) in [4.78, 5) is 11.3. The SMILES string of the molecule is COC(C)CNC(=O)NC1CCCC1. The van der Waals surface area contributed by atoms with Crippen LogP contribution in [0.2, 0.25) is 0 Å². The lowest BCUT2D eigenvalue weighted by Crippen LogP contribution is -2.43. The van der Waals surface area contributed by atoms with E-state index >= 15 is 0 Å². The van der Waals surface area contributed by atoms with Crippen LogP contribution in [0, 0.1) is 0 Å². The van der Waals surface area contributed by atoms with Gasteiger partial charge in [-0.3, -0.25) is 0 Å². The smallest absolute Gasteiger partial charge is 0.315 e. The Kier molecular flexibility index (Phi) is 4.73. The van der Waals surface area contributed by atoms with Gasteiger partial charge in [-0.25, -0.2) is 4.79 Å². The predicted molar refractivity (Wildman–Crippen MR) is 55.3 cm³/mol. The molecular weight excluding hydrogens is 180 g/mol. The molecule has 0 saturated heterocycles. The Bertz CT molecular complexity index is 179. The van der Waals surface area contributed by atoms with Gasteiger partial charge in [0.2, 0.25) is 0 Å². The molecule has 0 aromatic carbocycles. The summed E-state index contributed by atoms with van der Waals surface area (Å²) < 4.78 is 5.03. The third-order valence-corrected chi connectivity index (χ3v) is 2.64. The van der Waals surface area contributed by atoms with Crippen molar-refractivity contribution in [2.75, 3.05) is 13.7 Å². The molecule has 0 spiro atoms. The van der Waals surface area contributed by atoms with E-state index in [0.717, 1.165) is 12.8 Å². The van der Waals surface area contributed by atoms with Crippen LogP contribution in [0.25, 0.3) is 0 Å². The molecule has 82 valence electrons. The minimum absolute atomic E-state index is 0.0687. The summed E-state index contributed by atoms with van der Waals surface area (Å²) in [7, 11) is 1.64. The zero-order valence-electron chi connectivity index (χ0n) is 9.01. The first kappa shape index (κ1) is 11.3. The Balaban J connectivity index is 2.09. The third kappa shape index (κ3) is 3.96. The molecule has 1 aliphatic carbocycles. The van der Waals surface area contributed by atoms with E-state index in [4.69, 9.17) is 4.74 Å². The average Bonchev–Trinajstić information content (AvgIpc) is 2.66. The van der Waals surface area contributed by atoms with Gasteiger partial charge in [-0.15, -0.1) is 0 Å². The lowest BCUT2D eigenvalue weighted by molar-refractivity contribution is 0.118. The lowest BCUT2D eigenvalue weighted by Gasteiger charge is -2.15. The number of methoxy groups -OCH3 is 1. The largest absolute Gasteiger partial charge is 0.380 e. The zero-order valence-corrected chi connectivity index (χ0v) is 9.01. The molecule has 1 saturated carbocycles. The number of carbonyl (C=O) groups excluding carboxylic acids is 1. The summed E-state index contributed by atoms with van der Waals surface area (Å²) in [5, 5.41) is 5.74.